The number of methoxy groups -OCH3 is 1. The van der Waals surface area contributed by atoms with Crippen molar-refractivity contribution in [1.29, 1.82) is 0 Å². The minimum Gasteiger partial charge on any atom is -0.497 e. The van der Waals surface area contributed by atoms with E-state index >= 15 is 0 Å². The van der Waals surface area contributed by atoms with Gasteiger partial charge in [0.05, 0.1) is 18.6 Å². The maximum Gasteiger partial charge on any atom is 0.328 e. The smallest absolute Gasteiger partial charge is 0.328 e. The lowest BCUT2D eigenvalue weighted by atomic mass is 10.1. The van der Waals surface area contributed by atoms with Gasteiger partial charge in [0.15, 0.2) is 0 Å². The Balaban J connectivity index is 2.31. The molecule has 6 nitrogen and oxygen atoms in total. The van der Waals surface area contributed by atoms with Gasteiger partial charge in [0.25, 0.3) is 0 Å². The molecule has 1 atom stereocenters. The van der Waals surface area contributed by atoms with Crippen molar-refractivity contribution in [2.45, 2.75) is 17.9 Å². The van der Waals surface area contributed by atoms with Gasteiger partial charge in [-0.25, -0.2) is 13.2 Å². The number of benzene rings is 2. The van der Waals surface area contributed by atoms with E-state index in [1.165, 1.54) is 31.4 Å². The molecule has 0 saturated heterocycles. The summed E-state index contributed by atoms with van der Waals surface area (Å²) in [6.45, 7) is 1.82. The highest BCUT2D eigenvalue weighted by Gasteiger charge is 2.28. The average Bonchev–Trinajstić information content (AvgIpc) is 2.60. The molecule has 0 heterocycles. The van der Waals surface area contributed by atoms with Gasteiger partial charge in [-0.2, -0.15) is 4.72 Å². The van der Waals surface area contributed by atoms with Gasteiger partial charge in [-0.3, -0.25) is 0 Å². The second-order valence-corrected chi connectivity index (χ2v) is 6.61. The fraction of sp³-hybridized carbons (Fsp3) is 0.235. The lowest BCUT2D eigenvalue weighted by Gasteiger charge is -2.18. The summed E-state index contributed by atoms with van der Waals surface area (Å²) in [4.78, 5) is 12.2. The third-order valence-corrected chi connectivity index (χ3v) is 4.74. The summed E-state index contributed by atoms with van der Waals surface area (Å²) in [7, 11) is -2.41. The quantitative estimate of drug-likeness (QED) is 0.776. The van der Waals surface area contributed by atoms with E-state index in [2.05, 4.69) is 4.72 Å². The Hall–Kier alpha value is -2.38. The Morgan fingerprint density at radius 1 is 1.08 bits per heavy atom. The van der Waals surface area contributed by atoms with Crippen molar-refractivity contribution in [3.8, 4) is 5.75 Å². The molecule has 1 N–H and O–H groups in total. The number of hydrogen-bond acceptors (Lipinski definition) is 5. The highest BCUT2D eigenvalue weighted by molar-refractivity contribution is 7.89. The van der Waals surface area contributed by atoms with Gasteiger partial charge in [0.2, 0.25) is 10.0 Å². The number of sulfonamides is 1. The lowest BCUT2D eigenvalue weighted by molar-refractivity contribution is -0.145. The van der Waals surface area contributed by atoms with Crippen molar-refractivity contribution < 1.29 is 22.7 Å². The van der Waals surface area contributed by atoms with Crippen LogP contribution in [0, 0.1) is 0 Å². The minimum atomic E-state index is -3.90. The number of esters is 1. The number of nitrogens with one attached hydrogen (secondary N) is 1. The highest BCUT2D eigenvalue weighted by atomic mass is 32.2. The monoisotopic (exact) mass is 349 g/mol. The molecule has 2 rings (SSSR count). The molecule has 0 radical (unpaired) electrons. The largest absolute Gasteiger partial charge is 0.497 e. The SMILES string of the molecule is CCOC(=O)[C@@H](NS(=O)(=O)c1ccc(OC)cc1)c1ccccc1. The Kier molecular flexibility index (Phi) is 5.94. The topological polar surface area (TPSA) is 81.7 Å². The summed E-state index contributed by atoms with van der Waals surface area (Å²) >= 11 is 0. The van der Waals surface area contributed by atoms with Crippen LogP contribution >= 0.6 is 0 Å². The van der Waals surface area contributed by atoms with Crippen molar-refractivity contribution in [3.63, 3.8) is 0 Å². The zero-order valence-electron chi connectivity index (χ0n) is 13.4. The van der Waals surface area contributed by atoms with Crippen molar-refractivity contribution >= 4 is 16.0 Å². The van der Waals surface area contributed by atoms with E-state index < -0.39 is 22.0 Å². The van der Waals surface area contributed by atoms with Gasteiger partial charge in [0, 0.05) is 0 Å². The zero-order valence-corrected chi connectivity index (χ0v) is 14.2. The Bertz CT molecular complexity index is 772. The Labute approximate surface area is 141 Å². The van der Waals surface area contributed by atoms with Crippen molar-refractivity contribution in [1.82, 2.24) is 4.72 Å². The summed E-state index contributed by atoms with van der Waals surface area (Å²) in [6.07, 6.45) is 0. The molecule has 2 aromatic carbocycles. The van der Waals surface area contributed by atoms with Gasteiger partial charge in [-0.15, -0.1) is 0 Å². The van der Waals surface area contributed by atoms with Crippen LogP contribution in [0.1, 0.15) is 18.5 Å². The molecule has 0 aromatic heterocycles. The molecule has 0 aliphatic rings. The van der Waals surface area contributed by atoms with Crippen LogP contribution in [0.5, 0.6) is 5.75 Å². The van der Waals surface area contributed by atoms with Gasteiger partial charge in [-0.1, -0.05) is 30.3 Å². The molecule has 7 heteroatoms. The van der Waals surface area contributed by atoms with Crippen molar-refractivity contribution in [2.24, 2.45) is 0 Å². The summed E-state index contributed by atoms with van der Waals surface area (Å²) < 4.78 is 37.5. The normalized spacial score (nSPS) is 12.4. The highest BCUT2D eigenvalue weighted by Crippen LogP contribution is 2.20. The molecular formula is C17H19NO5S. The van der Waals surface area contributed by atoms with Crippen LogP contribution in [0.2, 0.25) is 0 Å². The molecule has 0 unspecified atom stereocenters. The summed E-state index contributed by atoms with van der Waals surface area (Å²) in [5.41, 5.74) is 0.507. The van der Waals surface area contributed by atoms with Crippen molar-refractivity contribution in [3.05, 3.63) is 60.2 Å². The van der Waals surface area contributed by atoms with Crippen LogP contribution in [0.3, 0.4) is 0 Å². The van der Waals surface area contributed by atoms with E-state index in [0.717, 1.165) is 0 Å². The van der Waals surface area contributed by atoms with Gasteiger partial charge < -0.3 is 9.47 Å². The number of rotatable bonds is 7. The van der Waals surface area contributed by atoms with Crippen LogP contribution in [-0.4, -0.2) is 28.1 Å². The van der Waals surface area contributed by atoms with E-state index in [1.807, 2.05) is 0 Å². The predicted molar refractivity (Wildman–Crippen MR) is 89.1 cm³/mol. The second kappa shape index (κ2) is 7.94. The molecule has 128 valence electrons. The molecule has 24 heavy (non-hydrogen) atoms. The van der Waals surface area contributed by atoms with E-state index in [0.29, 0.717) is 11.3 Å². The first-order valence-electron chi connectivity index (χ1n) is 7.36. The van der Waals surface area contributed by atoms with E-state index in [4.69, 9.17) is 9.47 Å². The molecule has 0 spiro atoms. The molecule has 0 saturated carbocycles. The van der Waals surface area contributed by atoms with Crippen LogP contribution in [0.4, 0.5) is 0 Å². The van der Waals surface area contributed by atoms with Crippen LogP contribution in [0.15, 0.2) is 59.5 Å². The molecule has 0 fully saturated rings. The van der Waals surface area contributed by atoms with E-state index in [-0.39, 0.29) is 11.5 Å². The molecule has 0 amide bonds. The first-order chi connectivity index (χ1) is 11.5. The fourth-order valence-corrected chi connectivity index (χ4v) is 3.27. The third-order valence-electron chi connectivity index (χ3n) is 3.30. The number of ether oxygens (including phenoxy) is 2. The maximum absolute atomic E-state index is 12.6. The lowest BCUT2D eigenvalue weighted by Crippen LogP contribution is -2.35. The maximum atomic E-state index is 12.6. The summed E-state index contributed by atoms with van der Waals surface area (Å²) in [5, 5.41) is 0. The molecule has 0 aliphatic carbocycles. The summed E-state index contributed by atoms with van der Waals surface area (Å²) in [5.74, 6) is -0.111. The average molecular weight is 349 g/mol. The number of hydrogen-bond donors (Lipinski definition) is 1. The van der Waals surface area contributed by atoms with E-state index in [9.17, 15) is 13.2 Å². The number of carbonyl (C=O) groups is 1. The fourth-order valence-electron chi connectivity index (χ4n) is 2.10. The zero-order chi connectivity index (χ0) is 17.6. The molecular weight excluding hydrogens is 330 g/mol. The van der Waals surface area contributed by atoms with Crippen LogP contribution in [-0.2, 0) is 19.6 Å². The molecule has 0 bridgehead atoms. The Morgan fingerprint density at radius 2 is 1.71 bits per heavy atom. The first-order valence-corrected chi connectivity index (χ1v) is 8.84. The van der Waals surface area contributed by atoms with Crippen LogP contribution in [0.25, 0.3) is 0 Å². The molecule has 0 aliphatic heterocycles. The van der Waals surface area contributed by atoms with Crippen LogP contribution < -0.4 is 9.46 Å². The summed E-state index contributed by atoms with van der Waals surface area (Å²) in [6, 6.07) is 13.3. The van der Waals surface area contributed by atoms with Gasteiger partial charge in [-0.05, 0) is 36.8 Å². The third kappa shape index (κ3) is 4.33. The predicted octanol–water partition coefficient (Wildman–Crippen LogP) is 2.28. The van der Waals surface area contributed by atoms with Gasteiger partial charge >= 0.3 is 5.97 Å². The Morgan fingerprint density at radius 3 is 2.25 bits per heavy atom. The van der Waals surface area contributed by atoms with E-state index in [1.54, 1.807) is 37.3 Å². The minimum absolute atomic E-state index is 0.0357. The second-order valence-electron chi connectivity index (χ2n) is 4.89. The molecule has 2 aromatic rings. The number of carbonyl (C=O) groups excluding carboxylic acids is 1. The van der Waals surface area contributed by atoms with Gasteiger partial charge in [0.1, 0.15) is 11.8 Å². The first kappa shape index (κ1) is 18.0. The standard InChI is InChI=1S/C17H19NO5S/c1-3-23-17(19)16(13-7-5-4-6-8-13)18-24(20,21)15-11-9-14(22-2)10-12-15/h4-12,16,18H,3H2,1-2H3/t16-/m0/s1. The van der Waals surface area contributed by atoms with Crippen molar-refractivity contribution in [2.75, 3.05) is 13.7 Å².